The standard InChI is InChI=1S/C13H17ClFNO/c1-16-13(9-3-2-6-17-8-9)11-5-4-10(15)7-12(11)14/h4-5,7,9,13,16H,2-3,6,8H2,1H3. The molecule has 0 spiro atoms. The number of ether oxygens (including phenoxy) is 1. The zero-order valence-corrected chi connectivity index (χ0v) is 10.6. The van der Waals surface area contributed by atoms with Crippen molar-refractivity contribution < 1.29 is 9.13 Å². The van der Waals surface area contributed by atoms with Gasteiger partial charge in [0.25, 0.3) is 0 Å². The average Bonchev–Trinajstić information content (AvgIpc) is 2.34. The van der Waals surface area contributed by atoms with Crippen LogP contribution in [0.15, 0.2) is 18.2 Å². The summed E-state index contributed by atoms with van der Waals surface area (Å²) in [6, 6.07) is 4.71. The lowest BCUT2D eigenvalue weighted by molar-refractivity contribution is 0.0402. The van der Waals surface area contributed by atoms with Crippen LogP contribution in [0.2, 0.25) is 5.02 Å². The first kappa shape index (κ1) is 12.8. The Bertz CT molecular complexity index is 380. The monoisotopic (exact) mass is 257 g/mol. The fourth-order valence-electron chi connectivity index (χ4n) is 2.43. The second-order valence-electron chi connectivity index (χ2n) is 4.41. The number of hydrogen-bond acceptors (Lipinski definition) is 2. The Hall–Kier alpha value is -0.640. The molecule has 1 fully saturated rings. The summed E-state index contributed by atoms with van der Waals surface area (Å²) in [6.45, 7) is 1.57. The summed E-state index contributed by atoms with van der Waals surface area (Å²) in [5.41, 5.74) is 0.950. The highest BCUT2D eigenvalue weighted by Gasteiger charge is 2.25. The lowest BCUT2D eigenvalue weighted by Crippen LogP contribution is -2.31. The molecule has 1 aromatic rings. The molecule has 0 bridgehead atoms. The van der Waals surface area contributed by atoms with Gasteiger partial charge in [-0.25, -0.2) is 4.39 Å². The van der Waals surface area contributed by atoms with Crippen molar-refractivity contribution in [3.05, 3.63) is 34.6 Å². The molecule has 0 aliphatic carbocycles. The zero-order valence-electron chi connectivity index (χ0n) is 9.88. The highest BCUT2D eigenvalue weighted by Crippen LogP contribution is 2.32. The highest BCUT2D eigenvalue weighted by atomic mass is 35.5. The summed E-state index contributed by atoms with van der Waals surface area (Å²) in [5.74, 6) is 0.102. The van der Waals surface area contributed by atoms with Crippen molar-refractivity contribution in [1.82, 2.24) is 5.32 Å². The molecule has 1 saturated heterocycles. The maximum absolute atomic E-state index is 13.0. The van der Waals surface area contributed by atoms with Gasteiger partial charge >= 0.3 is 0 Å². The van der Waals surface area contributed by atoms with Crippen LogP contribution in [0.25, 0.3) is 0 Å². The van der Waals surface area contributed by atoms with E-state index in [4.69, 9.17) is 16.3 Å². The van der Waals surface area contributed by atoms with Gasteiger partial charge in [0.15, 0.2) is 0 Å². The van der Waals surface area contributed by atoms with Gasteiger partial charge in [-0.05, 0) is 37.6 Å². The molecule has 0 radical (unpaired) electrons. The zero-order chi connectivity index (χ0) is 12.3. The minimum absolute atomic E-state index is 0.128. The molecule has 4 heteroatoms. The molecule has 0 aromatic heterocycles. The van der Waals surface area contributed by atoms with Crippen molar-refractivity contribution in [3.63, 3.8) is 0 Å². The minimum Gasteiger partial charge on any atom is -0.381 e. The van der Waals surface area contributed by atoms with E-state index in [1.807, 2.05) is 7.05 Å². The first-order valence-corrected chi connectivity index (χ1v) is 6.30. The van der Waals surface area contributed by atoms with Crippen LogP contribution in [0.3, 0.4) is 0 Å². The Kier molecular flexibility index (Phi) is 4.37. The third kappa shape index (κ3) is 2.97. The third-order valence-electron chi connectivity index (χ3n) is 3.28. The molecule has 1 aliphatic rings. The van der Waals surface area contributed by atoms with Gasteiger partial charge in [0.1, 0.15) is 5.82 Å². The van der Waals surface area contributed by atoms with E-state index in [0.29, 0.717) is 10.9 Å². The van der Waals surface area contributed by atoms with Gasteiger partial charge in [0, 0.05) is 23.6 Å². The molecule has 2 rings (SSSR count). The topological polar surface area (TPSA) is 21.3 Å². The number of halogens is 2. The van der Waals surface area contributed by atoms with Crippen molar-refractivity contribution in [2.24, 2.45) is 5.92 Å². The molecular formula is C13H17ClFNO. The Morgan fingerprint density at radius 3 is 2.94 bits per heavy atom. The predicted molar refractivity (Wildman–Crippen MR) is 66.8 cm³/mol. The first-order chi connectivity index (χ1) is 8.22. The largest absolute Gasteiger partial charge is 0.381 e. The summed E-state index contributed by atoms with van der Waals surface area (Å²) in [6.07, 6.45) is 2.18. The van der Waals surface area contributed by atoms with Crippen LogP contribution in [0.1, 0.15) is 24.4 Å². The van der Waals surface area contributed by atoms with E-state index in [1.165, 1.54) is 12.1 Å². The van der Waals surface area contributed by atoms with Gasteiger partial charge < -0.3 is 10.1 Å². The fourth-order valence-corrected chi connectivity index (χ4v) is 2.71. The molecule has 94 valence electrons. The third-order valence-corrected chi connectivity index (χ3v) is 3.60. The minimum atomic E-state index is -0.298. The summed E-state index contributed by atoms with van der Waals surface area (Å²) >= 11 is 6.10. The van der Waals surface area contributed by atoms with Crippen molar-refractivity contribution in [1.29, 1.82) is 0 Å². The molecule has 1 aromatic carbocycles. The van der Waals surface area contributed by atoms with Crippen molar-refractivity contribution >= 4 is 11.6 Å². The van der Waals surface area contributed by atoms with Crippen LogP contribution in [0.4, 0.5) is 4.39 Å². The SMILES string of the molecule is CNC(c1ccc(F)cc1Cl)C1CCCOC1. The molecule has 0 saturated carbocycles. The summed E-state index contributed by atoms with van der Waals surface area (Å²) in [7, 11) is 1.90. The van der Waals surface area contributed by atoms with Crippen LogP contribution >= 0.6 is 11.6 Å². The van der Waals surface area contributed by atoms with Crippen LogP contribution < -0.4 is 5.32 Å². The van der Waals surface area contributed by atoms with E-state index in [9.17, 15) is 4.39 Å². The lowest BCUT2D eigenvalue weighted by atomic mass is 9.89. The van der Waals surface area contributed by atoms with Gasteiger partial charge in [0.05, 0.1) is 6.61 Å². The molecule has 2 nitrogen and oxygen atoms in total. The summed E-state index contributed by atoms with van der Waals surface area (Å²) < 4.78 is 18.5. The number of rotatable bonds is 3. The van der Waals surface area contributed by atoms with Gasteiger partial charge in [-0.1, -0.05) is 17.7 Å². The van der Waals surface area contributed by atoms with Gasteiger partial charge in [-0.2, -0.15) is 0 Å². The first-order valence-electron chi connectivity index (χ1n) is 5.92. The Balaban J connectivity index is 2.21. The normalized spacial score (nSPS) is 22.4. The molecule has 17 heavy (non-hydrogen) atoms. The van der Waals surface area contributed by atoms with E-state index < -0.39 is 0 Å². The van der Waals surface area contributed by atoms with Crippen molar-refractivity contribution in [2.75, 3.05) is 20.3 Å². The average molecular weight is 258 g/mol. The smallest absolute Gasteiger partial charge is 0.124 e. The Morgan fingerprint density at radius 1 is 1.53 bits per heavy atom. The van der Waals surface area contributed by atoms with E-state index in [-0.39, 0.29) is 11.9 Å². The molecule has 1 N–H and O–H groups in total. The molecular weight excluding hydrogens is 241 g/mol. The van der Waals surface area contributed by atoms with Crippen LogP contribution in [-0.4, -0.2) is 20.3 Å². The highest BCUT2D eigenvalue weighted by molar-refractivity contribution is 6.31. The predicted octanol–water partition coefficient (Wildman–Crippen LogP) is 3.17. The molecule has 0 amide bonds. The summed E-state index contributed by atoms with van der Waals surface area (Å²) in [5, 5.41) is 3.74. The van der Waals surface area contributed by atoms with Gasteiger partial charge in [-0.15, -0.1) is 0 Å². The van der Waals surface area contributed by atoms with E-state index in [0.717, 1.165) is 31.6 Å². The van der Waals surface area contributed by atoms with Gasteiger partial charge in [0.2, 0.25) is 0 Å². The number of benzene rings is 1. The summed E-state index contributed by atoms with van der Waals surface area (Å²) in [4.78, 5) is 0. The maximum atomic E-state index is 13.0. The molecule has 2 atom stereocenters. The van der Waals surface area contributed by atoms with Crippen LogP contribution in [-0.2, 0) is 4.74 Å². The van der Waals surface area contributed by atoms with E-state index in [2.05, 4.69) is 5.32 Å². The Morgan fingerprint density at radius 2 is 2.35 bits per heavy atom. The van der Waals surface area contributed by atoms with E-state index >= 15 is 0 Å². The molecule has 1 aliphatic heterocycles. The lowest BCUT2D eigenvalue weighted by Gasteiger charge is -2.30. The van der Waals surface area contributed by atoms with Crippen molar-refractivity contribution in [2.45, 2.75) is 18.9 Å². The Labute approximate surface area is 106 Å². The fraction of sp³-hybridized carbons (Fsp3) is 0.538. The van der Waals surface area contributed by atoms with Crippen LogP contribution in [0, 0.1) is 11.7 Å². The maximum Gasteiger partial charge on any atom is 0.124 e. The second kappa shape index (κ2) is 5.80. The van der Waals surface area contributed by atoms with Gasteiger partial charge in [-0.3, -0.25) is 0 Å². The molecule has 1 heterocycles. The second-order valence-corrected chi connectivity index (χ2v) is 4.82. The van der Waals surface area contributed by atoms with E-state index in [1.54, 1.807) is 6.07 Å². The quantitative estimate of drug-likeness (QED) is 0.898. The molecule has 2 unspecified atom stereocenters. The number of nitrogens with one attached hydrogen (secondary N) is 1. The van der Waals surface area contributed by atoms with Crippen LogP contribution in [0.5, 0.6) is 0 Å². The number of hydrogen-bond donors (Lipinski definition) is 1. The van der Waals surface area contributed by atoms with Crippen molar-refractivity contribution in [3.8, 4) is 0 Å².